The van der Waals surface area contributed by atoms with E-state index in [1.54, 1.807) is 36.2 Å². The van der Waals surface area contributed by atoms with Crippen LogP contribution in [0.1, 0.15) is 27.5 Å². The molecule has 0 saturated carbocycles. The Morgan fingerprint density at radius 1 is 0.792 bits per heavy atom. The van der Waals surface area contributed by atoms with E-state index in [1.165, 1.54) is 12.1 Å². The molecular formula is C21H18FNO. The molecule has 0 saturated heterocycles. The lowest BCUT2D eigenvalue weighted by Crippen LogP contribution is -2.32. The average Bonchev–Trinajstić information content (AvgIpc) is 2.64. The van der Waals surface area contributed by atoms with Crippen LogP contribution >= 0.6 is 0 Å². The molecule has 120 valence electrons. The summed E-state index contributed by atoms with van der Waals surface area (Å²) in [6, 6.07) is 24.9. The molecule has 0 aliphatic rings. The molecule has 2 nitrogen and oxygen atoms in total. The maximum atomic E-state index is 13.3. The molecule has 3 heteroatoms. The molecule has 0 heterocycles. The molecule has 3 rings (SSSR count). The first-order valence-corrected chi connectivity index (χ1v) is 7.79. The van der Waals surface area contributed by atoms with Crippen LogP contribution in [-0.2, 0) is 0 Å². The van der Waals surface area contributed by atoms with Crippen LogP contribution in [0.4, 0.5) is 4.39 Å². The average molecular weight is 319 g/mol. The number of carbonyl (C=O) groups is 1. The third kappa shape index (κ3) is 3.35. The topological polar surface area (TPSA) is 20.3 Å². The van der Waals surface area contributed by atoms with Crippen LogP contribution in [0, 0.1) is 5.82 Å². The van der Waals surface area contributed by atoms with E-state index in [0.717, 1.165) is 11.1 Å². The van der Waals surface area contributed by atoms with Gasteiger partial charge in [0.1, 0.15) is 5.82 Å². The van der Waals surface area contributed by atoms with Gasteiger partial charge >= 0.3 is 0 Å². The Balaban J connectivity index is 2.01. The Morgan fingerprint density at radius 2 is 1.29 bits per heavy atom. The van der Waals surface area contributed by atoms with Gasteiger partial charge in [-0.25, -0.2) is 4.39 Å². The van der Waals surface area contributed by atoms with Crippen molar-refractivity contribution in [1.82, 2.24) is 4.90 Å². The summed E-state index contributed by atoms with van der Waals surface area (Å²) in [5, 5.41) is 0. The fourth-order valence-electron chi connectivity index (χ4n) is 2.82. The minimum Gasteiger partial charge on any atom is -0.331 e. The maximum Gasteiger partial charge on any atom is 0.254 e. The predicted octanol–water partition coefficient (Wildman–Crippen LogP) is 4.69. The number of hydrogen-bond acceptors (Lipinski definition) is 1. The molecule has 1 unspecified atom stereocenters. The van der Waals surface area contributed by atoms with Gasteiger partial charge < -0.3 is 4.90 Å². The number of benzene rings is 3. The first kappa shape index (κ1) is 15.9. The van der Waals surface area contributed by atoms with Gasteiger partial charge in [0.25, 0.3) is 5.91 Å². The summed E-state index contributed by atoms with van der Waals surface area (Å²) in [6.07, 6.45) is 0. The second kappa shape index (κ2) is 7.09. The van der Waals surface area contributed by atoms with Gasteiger partial charge in [0.2, 0.25) is 0 Å². The number of amides is 1. The summed E-state index contributed by atoms with van der Waals surface area (Å²) >= 11 is 0. The lowest BCUT2D eigenvalue weighted by molar-refractivity contribution is 0.0755. The SMILES string of the molecule is CN(C(=O)c1ccccc1)C(c1ccccc1)c1ccc(F)cc1. The molecule has 1 atom stereocenters. The summed E-state index contributed by atoms with van der Waals surface area (Å²) in [4.78, 5) is 14.5. The summed E-state index contributed by atoms with van der Waals surface area (Å²) in [7, 11) is 1.77. The van der Waals surface area contributed by atoms with E-state index < -0.39 is 0 Å². The lowest BCUT2D eigenvalue weighted by Gasteiger charge is -2.29. The molecule has 0 aliphatic heterocycles. The van der Waals surface area contributed by atoms with Crippen LogP contribution in [0.3, 0.4) is 0 Å². The molecule has 0 bridgehead atoms. The Hall–Kier alpha value is -2.94. The van der Waals surface area contributed by atoms with Crippen LogP contribution in [0.25, 0.3) is 0 Å². The first-order valence-electron chi connectivity index (χ1n) is 7.79. The van der Waals surface area contributed by atoms with E-state index in [-0.39, 0.29) is 17.8 Å². The monoisotopic (exact) mass is 319 g/mol. The second-order valence-corrected chi connectivity index (χ2v) is 5.65. The summed E-state index contributed by atoms with van der Waals surface area (Å²) in [6.45, 7) is 0. The third-order valence-corrected chi connectivity index (χ3v) is 4.03. The third-order valence-electron chi connectivity index (χ3n) is 4.03. The van der Waals surface area contributed by atoms with Crippen molar-refractivity contribution in [3.05, 3.63) is 107 Å². The molecular weight excluding hydrogens is 301 g/mol. The van der Waals surface area contributed by atoms with Crippen LogP contribution < -0.4 is 0 Å². The van der Waals surface area contributed by atoms with Crippen LogP contribution in [-0.4, -0.2) is 17.9 Å². The van der Waals surface area contributed by atoms with Crippen molar-refractivity contribution in [2.75, 3.05) is 7.05 Å². The van der Waals surface area contributed by atoms with Crippen molar-refractivity contribution in [3.8, 4) is 0 Å². The van der Waals surface area contributed by atoms with Crippen molar-refractivity contribution < 1.29 is 9.18 Å². The van der Waals surface area contributed by atoms with Crippen LogP contribution in [0.5, 0.6) is 0 Å². The number of nitrogens with zero attached hydrogens (tertiary/aromatic N) is 1. The van der Waals surface area contributed by atoms with Crippen LogP contribution in [0.2, 0.25) is 0 Å². The van der Waals surface area contributed by atoms with Gasteiger partial charge in [0.05, 0.1) is 6.04 Å². The van der Waals surface area contributed by atoms with Crippen molar-refractivity contribution >= 4 is 5.91 Å². The summed E-state index contributed by atoms with van der Waals surface area (Å²) < 4.78 is 13.3. The molecule has 0 N–H and O–H groups in total. The zero-order valence-electron chi connectivity index (χ0n) is 13.4. The van der Waals surface area contributed by atoms with E-state index in [9.17, 15) is 9.18 Å². The molecule has 3 aromatic carbocycles. The Labute approximate surface area is 141 Å². The van der Waals surface area contributed by atoms with Gasteiger partial charge in [0.15, 0.2) is 0 Å². The molecule has 0 fully saturated rings. The number of halogens is 1. The van der Waals surface area contributed by atoms with Crippen molar-refractivity contribution in [1.29, 1.82) is 0 Å². The fraction of sp³-hybridized carbons (Fsp3) is 0.0952. The first-order chi connectivity index (χ1) is 11.7. The van der Waals surface area contributed by atoms with E-state index in [0.29, 0.717) is 5.56 Å². The Kier molecular flexibility index (Phi) is 4.71. The van der Waals surface area contributed by atoms with Gasteiger partial charge in [-0.2, -0.15) is 0 Å². The number of rotatable bonds is 4. The maximum absolute atomic E-state index is 13.3. The molecule has 1 amide bonds. The van der Waals surface area contributed by atoms with Gasteiger partial charge in [0, 0.05) is 12.6 Å². The molecule has 0 aromatic heterocycles. The van der Waals surface area contributed by atoms with E-state index >= 15 is 0 Å². The predicted molar refractivity (Wildman–Crippen MR) is 93.2 cm³/mol. The highest BCUT2D eigenvalue weighted by Crippen LogP contribution is 2.29. The smallest absolute Gasteiger partial charge is 0.254 e. The standard InChI is InChI=1S/C21H18FNO/c1-23(21(24)18-10-6-3-7-11-18)20(16-8-4-2-5-9-16)17-12-14-19(22)15-13-17/h2-15,20H,1H3. The van der Waals surface area contributed by atoms with Gasteiger partial charge in [-0.15, -0.1) is 0 Å². The fourth-order valence-corrected chi connectivity index (χ4v) is 2.82. The highest BCUT2D eigenvalue weighted by molar-refractivity contribution is 5.94. The molecule has 0 aliphatic carbocycles. The van der Waals surface area contributed by atoms with Crippen molar-refractivity contribution in [2.45, 2.75) is 6.04 Å². The van der Waals surface area contributed by atoms with E-state index in [1.807, 2.05) is 48.5 Å². The number of hydrogen-bond donors (Lipinski definition) is 0. The Bertz CT molecular complexity index is 800. The van der Waals surface area contributed by atoms with Crippen molar-refractivity contribution in [3.63, 3.8) is 0 Å². The van der Waals surface area contributed by atoms with Crippen LogP contribution in [0.15, 0.2) is 84.9 Å². The molecule has 24 heavy (non-hydrogen) atoms. The molecule has 0 spiro atoms. The van der Waals surface area contributed by atoms with Gasteiger partial charge in [-0.05, 0) is 35.4 Å². The summed E-state index contributed by atoms with van der Waals surface area (Å²) in [5.74, 6) is -0.364. The minimum absolute atomic E-state index is 0.0752. The normalized spacial score (nSPS) is 11.8. The Morgan fingerprint density at radius 3 is 1.88 bits per heavy atom. The summed E-state index contributed by atoms with van der Waals surface area (Å²) in [5.41, 5.74) is 2.48. The zero-order chi connectivity index (χ0) is 16.9. The zero-order valence-corrected chi connectivity index (χ0v) is 13.4. The molecule has 0 radical (unpaired) electrons. The highest BCUT2D eigenvalue weighted by Gasteiger charge is 2.24. The van der Waals surface area contributed by atoms with Crippen molar-refractivity contribution in [2.24, 2.45) is 0 Å². The van der Waals surface area contributed by atoms with E-state index in [4.69, 9.17) is 0 Å². The highest BCUT2D eigenvalue weighted by atomic mass is 19.1. The minimum atomic E-state index is -0.289. The second-order valence-electron chi connectivity index (χ2n) is 5.65. The van der Waals surface area contributed by atoms with Gasteiger partial charge in [-0.3, -0.25) is 4.79 Å². The molecule has 3 aromatic rings. The quantitative estimate of drug-likeness (QED) is 0.683. The lowest BCUT2D eigenvalue weighted by atomic mass is 9.96. The van der Waals surface area contributed by atoms with Gasteiger partial charge in [-0.1, -0.05) is 60.7 Å². The largest absolute Gasteiger partial charge is 0.331 e. The van der Waals surface area contributed by atoms with E-state index in [2.05, 4.69) is 0 Å². The number of carbonyl (C=O) groups excluding carboxylic acids is 1.